The van der Waals surface area contributed by atoms with Gasteiger partial charge in [0, 0.05) is 49.4 Å². The highest BCUT2D eigenvalue weighted by Crippen LogP contribution is 2.25. The fourth-order valence-electron chi connectivity index (χ4n) is 3.80. The van der Waals surface area contributed by atoms with Gasteiger partial charge in [-0.3, -0.25) is 20.0 Å². The summed E-state index contributed by atoms with van der Waals surface area (Å²) in [6.45, 7) is 7.30. The van der Waals surface area contributed by atoms with Crippen LogP contribution >= 0.6 is 0 Å². The molecule has 156 valence electrons. The number of aromatic nitrogens is 2. The number of amides is 1. The number of carbonyl (C=O) groups excluding carboxylic acids is 1. The molecule has 1 aliphatic heterocycles. The van der Waals surface area contributed by atoms with Gasteiger partial charge in [0.1, 0.15) is 0 Å². The molecule has 1 aromatic heterocycles. The van der Waals surface area contributed by atoms with E-state index in [0.717, 1.165) is 13.1 Å². The molecule has 0 saturated carbocycles. The van der Waals surface area contributed by atoms with Crippen molar-refractivity contribution in [2.75, 3.05) is 42.9 Å². The van der Waals surface area contributed by atoms with E-state index in [2.05, 4.69) is 52.5 Å². The zero-order valence-electron chi connectivity index (χ0n) is 17.0. The molecule has 1 aliphatic rings. The molecule has 0 unspecified atom stereocenters. The molecule has 4 rings (SSSR count). The number of nitro benzene ring substituents is 1. The Morgan fingerprint density at radius 2 is 1.97 bits per heavy atom. The number of anilines is 2. The van der Waals surface area contributed by atoms with Crippen molar-refractivity contribution in [2.24, 2.45) is 0 Å². The van der Waals surface area contributed by atoms with Gasteiger partial charge < -0.3 is 15.1 Å². The average molecular weight is 408 g/mol. The lowest BCUT2D eigenvalue weighted by Crippen LogP contribution is -2.50. The Morgan fingerprint density at radius 3 is 2.70 bits per heavy atom. The van der Waals surface area contributed by atoms with Crippen molar-refractivity contribution >= 4 is 34.0 Å². The second-order valence-electron chi connectivity index (χ2n) is 7.50. The normalized spacial score (nSPS) is 14.2. The largest absolute Gasteiger partial charge is 0.368 e. The molecule has 3 aromatic rings. The molecular weight excluding hydrogens is 384 g/mol. The summed E-state index contributed by atoms with van der Waals surface area (Å²) >= 11 is 0. The van der Waals surface area contributed by atoms with E-state index >= 15 is 0 Å². The van der Waals surface area contributed by atoms with Gasteiger partial charge in [-0.05, 0) is 37.1 Å². The minimum Gasteiger partial charge on any atom is -0.368 e. The first kappa shape index (κ1) is 19.7. The highest BCUT2D eigenvalue weighted by atomic mass is 16.6. The molecule has 9 heteroatoms. The van der Waals surface area contributed by atoms with Crippen LogP contribution in [0.25, 0.3) is 10.9 Å². The number of nitro groups is 1. The lowest BCUT2D eigenvalue weighted by molar-refractivity contribution is -0.384. The molecular formula is C21H24N6O3. The summed E-state index contributed by atoms with van der Waals surface area (Å²) in [5.74, 6) is 0.524. The van der Waals surface area contributed by atoms with E-state index in [-0.39, 0.29) is 18.1 Å². The Hall–Kier alpha value is -3.62. The number of H-pyrrole nitrogens is 1. The minimum absolute atomic E-state index is 0.00417. The Bertz CT molecular complexity index is 1100. The van der Waals surface area contributed by atoms with Gasteiger partial charge in [0.15, 0.2) is 5.82 Å². The van der Waals surface area contributed by atoms with E-state index in [0.29, 0.717) is 29.8 Å². The smallest absolute Gasteiger partial charge is 0.271 e. The van der Waals surface area contributed by atoms with Gasteiger partial charge in [-0.15, -0.1) is 0 Å². The maximum atomic E-state index is 12.7. The molecule has 2 N–H and O–H groups in total. The zero-order valence-corrected chi connectivity index (χ0v) is 17.0. The molecule has 0 spiro atoms. The number of hydrogen-bond donors (Lipinski definition) is 2. The second kappa shape index (κ2) is 8.02. The van der Waals surface area contributed by atoms with Gasteiger partial charge in [-0.25, -0.2) is 0 Å². The summed E-state index contributed by atoms with van der Waals surface area (Å²) in [6, 6.07) is 10.8. The first-order valence-electron chi connectivity index (χ1n) is 9.89. The summed E-state index contributed by atoms with van der Waals surface area (Å²) in [6.07, 6.45) is 0. The monoisotopic (exact) mass is 408 g/mol. The van der Waals surface area contributed by atoms with Gasteiger partial charge in [0.2, 0.25) is 5.91 Å². The number of benzene rings is 2. The predicted octanol–water partition coefficient (Wildman–Crippen LogP) is 2.85. The van der Waals surface area contributed by atoms with Gasteiger partial charge in [-0.1, -0.05) is 12.1 Å². The van der Waals surface area contributed by atoms with Crippen LogP contribution in [-0.2, 0) is 4.79 Å². The van der Waals surface area contributed by atoms with Crippen LogP contribution < -0.4 is 10.2 Å². The number of piperazine rings is 1. The lowest BCUT2D eigenvalue weighted by atomic mass is 10.1. The quantitative estimate of drug-likeness (QED) is 0.497. The SMILES string of the molecule is Cc1cccc(N2CCN(C(=O)CNc3n[nH]c4cc([N+](=O)[O-])ccc34)CC2)c1C. The van der Waals surface area contributed by atoms with E-state index in [4.69, 9.17) is 0 Å². The number of aryl methyl sites for hydroxylation is 1. The van der Waals surface area contributed by atoms with Crippen molar-refractivity contribution in [1.82, 2.24) is 15.1 Å². The Morgan fingerprint density at radius 1 is 1.20 bits per heavy atom. The molecule has 2 aromatic carbocycles. The molecule has 2 heterocycles. The van der Waals surface area contributed by atoms with Crippen LogP contribution in [0.4, 0.5) is 17.2 Å². The summed E-state index contributed by atoms with van der Waals surface area (Å²) < 4.78 is 0. The predicted molar refractivity (Wildman–Crippen MR) is 116 cm³/mol. The van der Waals surface area contributed by atoms with E-state index in [1.165, 1.54) is 28.9 Å². The third kappa shape index (κ3) is 3.78. The topological polar surface area (TPSA) is 107 Å². The second-order valence-corrected chi connectivity index (χ2v) is 7.50. The van der Waals surface area contributed by atoms with Crippen LogP contribution in [-0.4, -0.2) is 58.7 Å². The zero-order chi connectivity index (χ0) is 21.3. The van der Waals surface area contributed by atoms with E-state index in [1.54, 1.807) is 6.07 Å². The molecule has 9 nitrogen and oxygen atoms in total. The van der Waals surface area contributed by atoms with E-state index in [9.17, 15) is 14.9 Å². The Labute approximate surface area is 173 Å². The first-order valence-corrected chi connectivity index (χ1v) is 9.89. The van der Waals surface area contributed by atoms with Crippen LogP contribution in [0.3, 0.4) is 0 Å². The third-order valence-corrected chi connectivity index (χ3v) is 5.71. The van der Waals surface area contributed by atoms with Crippen molar-refractivity contribution in [2.45, 2.75) is 13.8 Å². The van der Waals surface area contributed by atoms with Crippen molar-refractivity contribution in [1.29, 1.82) is 0 Å². The molecule has 1 saturated heterocycles. The van der Waals surface area contributed by atoms with Crippen LogP contribution in [0.5, 0.6) is 0 Å². The number of aromatic amines is 1. The van der Waals surface area contributed by atoms with Gasteiger partial charge in [0.05, 0.1) is 17.0 Å². The molecule has 1 fully saturated rings. The number of rotatable bonds is 5. The highest BCUT2D eigenvalue weighted by molar-refractivity contribution is 5.92. The number of nitrogens with one attached hydrogen (secondary N) is 2. The highest BCUT2D eigenvalue weighted by Gasteiger charge is 2.22. The van der Waals surface area contributed by atoms with Crippen molar-refractivity contribution < 1.29 is 9.72 Å². The molecule has 1 amide bonds. The average Bonchev–Trinajstić information content (AvgIpc) is 3.16. The third-order valence-electron chi connectivity index (χ3n) is 5.71. The molecule has 0 atom stereocenters. The fraction of sp³-hybridized carbons (Fsp3) is 0.333. The Balaban J connectivity index is 1.35. The maximum Gasteiger partial charge on any atom is 0.271 e. The van der Waals surface area contributed by atoms with Crippen LogP contribution in [0, 0.1) is 24.0 Å². The van der Waals surface area contributed by atoms with Gasteiger partial charge in [0.25, 0.3) is 5.69 Å². The standard InChI is InChI=1S/C21H24N6O3/c1-14-4-3-5-19(15(14)2)25-8-10-26(11-9-25)20(28)13-22-21-17-7-6-16(27(29)30)12-18(17)23-24-21/h3-7,12H,8-11,13H2,1-2H3,(H2,22,23,24). The van der Waals surface area contributed by atoms with Crippen LogP contribution in [0.2, 0.25) is 0 Å². The summed E-state index contributed by atoms with van der Waals surface area (Å²) in [5.41, 5.74) is 4.34. The Kier molecular flexibility index (Phi) is 5.26. The number of hydrogen-bond acceptors (Lipinski definition) is 6. The van der Waals surface area contributed by atoms with Crippen molar-refractivity contribution in [3.05, 3.63) is 57.6 Å². The van der Waals surface area contributed by atoms with Crippen molar-refractivity contribution in [3.63, 3.8) is 0 Å². The molecule has 0 aliphatic carbocycles. The summed E-state index contributed by atoms with van der Waals surface area (Å²) in [7, 11) is 0. The molecule has 0 bridgehead atoms. The number of non-ortho nitro benzene ring substituents is 1. The number of nitrogens with zero attached hydrogens (tertiary/aromatic N) is 4. The molecule has 30 heavy (non-hydrogen) atoms. The van der Waals surface area contributed by atoms with E-state index in [1.807, 2.05) is 4.90 Å². The van der Waals surface area contributed by atoms with Crippen LogP contribution in [0.15, 0.2) is 36.4 Å². The van der Waals surface area contributed by atoms with Gasteiger partial charge in [-0.2, -0.15) is 5.10 Å². The maximum absolute atomic E-state index is 12.7. The van der Waals surface area contributed by atoms with Crippen LogP contribution in [0.1, 0.15) is 11.1 Å². The van der Waals surface area contributed by atoms with E-state index < -0.39 is 4.92 Å². The van der Waals surface area contributed by atoms with Crippen molar-refractivity contribution in [3.8, 4) is 0 Å². The number of carbonyl (C=O) groups is 1. The lowest BCUT2D eigenvalue weighted by Gasteiger charge is -2.37. The first-order chi connectivity index (χ1) is 14.4. The minimum atomic E-state index is -0.450. The fourth-order valence-corrected chi connectivity index (χ4v) is 3.80. The summed E-state index contributed by atoms with van der Waals surface area (Å²) in [5, 5.41) is 21.6. The van der Waals surface area contributed by atoms with Gasteiger partial charge >= 0.3 is 0 Å². The summed E-state index contributed by atoms with van der Waals surface area (Å²) in [4.78, 5) is 27.3. The number of fused-ring (bicyclic) bond motifs is 1. The molecule has 0 radical (unpaired) electrons.